The molecule has 4 atom stereocenters. The van der Waals surface area contributed by atoms with Gasteiger partial charge in [-0.25, -0.2) is 0 Å². The van der Waals surface area contributed by atoms with Gasteiger partial charge < -0.3 is 0 Å². The second kappa shape index (κ2) is 2.76. The topological polar surface area (TPSA) is 37.4 Å². The maximum atomic E-state index is 12.3. The average molecular weight is 219 g/mol. The second-order valence-corrected chi connectivity index (χ2v) is 6.18. The Kier molecular flexibility index (Phi) is 1.74. The van der Waals surface area contributed by atoms with Crippen molar-refractivity contribution in [2.24, 2.45) is 23.7 Å². The minimum Gasteiger partial charge on any atom is -0.277 e. The molecule has 3 rings (SSSR count). The number of likely N-dealkylation sites (tertiary alicyclic amines) is 1. The van der Waals surface area contributed by atoms with Crippen molar-refractivity contribution >= 4 is 11.8 Å². The van der Waals surface area contributed by atoms with E-state index in [0.717, 1.165) is 6.42 Å². The molecule has 0 aromatic rings. The molecule has 0 aromatic heterocycles. The first-order valence-corrected chi connectivity index (χ1v) is 5.97. The third-order valence-electron chi connectivity index (χ3n) is 4.14. The van der Waals surface area contributed by atoms with Crippen molar-refractivity contribution in [1.29, 1.82) is 0 Å². The molecule has 0 N–H and O–H groups in total. The molecule has 2 amide bonds. The molecule has 2 bridgehead atoms. The van der Waals surface area contributed by atoms with Crippen molar-refractivity contribution in [3.05, 3.63) is 12.2 Å². The summed E-state index contributed by atoms with van der Waals surface area (Å²) >= 11 is 0. The fraction of sp³-hybridized carbons (Fsp3) is 0.692. The number of rotatable bonds is 0. The van der Waals surface area contributed by atoms with Crippen LogP contribution in [-0.4, -0.2) is 22.3 Å². The highest BCUT2D eigenvalue weighted by Gasteiger charge is 2.60. The molecule has 3 aliphatic rings. The highest BCUT2D eigenvalue weighted by atomic mass is 16.2. The van der Waals surface area contributed by atoms with Crippen LogP contribution in [0.2, 0.25) is 0 Å². The number of amides is 2. The summed E-state index contributed by atoms with van der Waals surface area (Å²) in [7, 11) is 0. The number of nitrogens with zero attached hydrogens (tertiary/aromatic N) is 1. The van der Waals surface area contributed by atoms with E-state index in [1.807, 2.05) is 20.8 Å². The molecule has 3 heteroatoms. The number of allylic oxidation sites excluding steroid dienone is 2. The first-order valence-electron chi connectivity index (χ1n) is 5.97. The SMILES string of the molecule is CC(C)(C)N1C(=O)[C@@H]2[C@@H](C1=O)[C@@H]1C=C[C@@H]2C1. The van der Waals surface area contributed by atoms with Crippen LogP contribution in [0.3, 0.4) is 0 Å². The first-order chi connectivity index (χ1) is 7.41. The molecule has 0 spiro atoms. The van der Waals surface area contributed by atoms with Crippen molar-refractivity contribution in [2.45, 2.75) is 32.7 Å². The number of fused-ring (bicyclic) bond motifs is 5. The van der Waals surface area contributed by atoms with Crippen LogP contribution in [0.1, 0.15) is 27.2 Å². The Balaban J connectivity index is 2.01. The van der Waals surface area contributed by atoms with Crippen LogP contribution >= 0.6 is 0 Å². The van der Waals surface area contributed by atoms with Crippen LogP contribution in [0.5, 0.6) is 0 Å². The molecule has 0 radical (unpaired) electrons. The van der Waals surface area contributed by atoms with E-state index in [1.54, 1.807) is 0 Å². The number of hydrogen-bond acceptors (Lipinski definition) is 2. The lowest BCUT2D eigenvalue weighted by Gasteiger charge is -2.31. The van der Waals surface area contributed by atoms with Crippen LogP contribution in [0.15, 0.2) is 12.2 Å². The number of carbonyl (C=O) groups excluding carboxylic acids is 2. The van der Waals surface area contributed by atoms with E-state index in [2.05, 4.69) is 12.2 Å². The molecule has 1 saturated heterocycles. The fourth-order valence-corrected chi connectivity index (χ4v) is 3.56. The van der Waals surface area contributed by atoms with Gasteiger partial charge in [0.2, 0.25) is 11.8 Å². The van der Waals surface area contributed by atoms with Crippen molar-refractivity contribution in [3.8, 4) is 0 Å². The summed E-state index contributed by atoms with van der Waals surface area (Å²) in [5.41, 5.74) is -0.377. The molecule has 86 valence electrons. The van der Waals surface area contributed by atoms with Gasteiger partial charge in [0.05, 0.1) is 11.8 Å². The molecule has 3 nitrogen and oxygen atoms in total. The summed E-state index contributed by atoms with van der Waals surface area (Å²) in [5.74, 6) is 0.639. The lowest BCUT2D eigenvalue weighted by atomic mass is 9.85. The monoisotopic (exact) mass is 219 g/mol. The minimum atomic E-state index is -0.377. The van der Waals surface area contributed by atoms with Gasteiger partial charge in [-0.15, -0.1) is 0 Å². The van der Waals surface area contributed by atoms with E-state index >= 15 is 0 Å². The van der Waals surface area contributed by atoms with Gasteiger partial charge in [0, 0.05) is 5.54 Å². The van der Waals surface area contributed by atoms with Crippen LogP contribution in [-0.2, 0) is 9.59 Å². The van der Waals surface area contributed by atoms with Gasteiger partial charge in [0.25, 0.3) is 0 Å². The van der Waals surface area contributed by atoms with E-state index in [1.165, 1.54) is 4.90 Å². The van der Waals surface area contributed by atoms with E-state index < -0.39 is 0 Å². The zero-order valence-electron chi connectivity index (χ0n) is 9.93. The van der Waals surface area contributed by atoms with E-state index in [-0.39, 0.29) is 29.2 Å². The zero-order valence-corrected chi connectivity index (χ0v) is 9.93. The molecule has 2 aliphatic carbocycles. The van der Waals surface area contributed by atoms with Gasteiger partial charge in [-0.05, 0) is 39.0 Å². The van der Waals surface area contributed by atoms with Crippen molar-refractivity contribution in [2.75, 3.05) is 0 Å². The Bertz CT molecular complexity index is 375. The van der Waals surface area contributed by atoms with E-state index in [9.17, 15) is 9.59 Å². The van der Waals surface area contributed by atoms with Gasteiger partial charge in [0.15, 0.2) is 0 Å². The maximum absolute atomic E-state index is 12.3. The van der Waals surface area contributed by atoms with Gasteiger partial charge in [0.1, 0.15) is 0 Å². The second-order valence-electron chi connectivity index (χ2n) is 6.18. The van der Waals surface area contributed by atoms with Crippen molar-refractivity contribution in [1.82, 2.24) is 4.90 Å². The Labute approximate surface area is 95.5 Å². The Morgan fingerprint density at radius 1 is 1.06 bits per heavy atom. The highest BCUT2D eigenvalue weighted by molar-refractivity contribution is 6.07. The number of carbonyl (C=O) groups is 2. The molecular formula is C13H17NO2. The molecule has 1 heterocycles. The van der Waals surface area contributed by atoms with E-state index in [0.29, 0.717) is 11.8 Å². The van der Waals surface area contributed by atoms with Crippen LogP contribution in [0.4, 0.5) is 0 Å². The first kappa shape index (κ1) is 10.1. The van der Waals surface area contributed by atoms with Gasteiger partial charge in [-0.1, -0.05) is 12.2 Å². The number of hydrogen-bond donors (Lipinski definition) is 0. The molecule has 0 aromatic carbocycles. The van der Waals surface area contributed by atoms with Gasteiger partial charge >= 0.3 is 0 Å². The summed E-state index contributed by atoms with van der Waals surface area (Å²) in [6, 6.07) is 0. The molecule has 1 saturated carbocycles. The van der Waals surface area contributed by atoms with Crippen molar-refractivity contribution < 1.29 is 9.59 Å². The Hall–Kier alpha value is -1.12. The van der Waals surface area contributed by atoms with Gasteiger partial charge in [-0.2, -0.15) is 0 Å². The molecule has 2 fully saturated rings. The highest BCUT2D eigenvalue weighted by Crippen LogP contribution is 2.53. The Morgan fingerprint density at radius 2 is 1.50 bits per heavy atom. The van der Waals surface area contributed by atoms with Crippen molar-refractivity contribution in [3.63, 3.8) is 0 Å². The third kappa shape index (κ3) is 1.04. The average Bonchev–Trinajstić information content (AvgIpc) is 2.77. The van der Waals surface area contributed by atoms with Crippen LogP contribution < -0.4 is 0 Å². The van der Waals surface area contributed by atoms with E-state index in [4.69, 9.17) is 0 Å². The minimum absolute atomic E-state index is 0.0540. The summed E-state index contributed by atoms with van der Waals surface area (Å²) in [4.78, 5) is 26.1. The molecule has 0 unspecified atom stereocenters. The lowest BCUT2D eigenvalue weighted by Crippen LogP contribution is -2.46. The summed E-state index contributed by atoms with van der Waals surface area (Å²) < 4.78 is 0. The molecule has 1 aliphatic heterocycles. The fourth-order valence-electron chi connectivity index (χ4n) is 3.56. The Morgan fingerprint density at radius 3 is 1.88 bits per heavy atom. The maximum Gasteiger partial charge on any atom is 0.234 e. The predicted octanol–water partition coefficient (Wildman–Crippen LogP) is 1.59. The zero-order chi connectivity index (χ0) is 11.7. The molecular weight excluding hydrogens is 202 g/mol. The summed E-state index contributed by atoms with van der Waals surface area (Å²) in [6.45, 7) is 5.79. The van der Waals surface area contributed by atoms with Gasteiger partial charge in [-0.3, -0.25) is 14.5 Å². The standard InChI is InChI=1S/C13H17NO2/c1-13(2,3)14-11(15)9-7-4-5-8(6-7)10(9)12(14)16/h4-5,7-10H,6H2,1-3H3/t7-,8-,9+,10+/m1/s1. The smallest absolute Gasteiger partial charge is 0.234 e. The van der Waals surface area contributed by atoms with Crippen LogP contribution in [0, 0.1) is 23.7 Å². The number of imide groups is 1. The normalized spacial score (nSPS) is 41.1. The summed E-state index contributed by atoms with van der Waals surface area (Å²) in [6.07, 6.45) is 5.26. The lowest BCUT2D eigenvalue weighted by molar-refractivity contribution is -0.146. The quantitative estimate of drug-likeness (QED) is 0.458. The molecule has 16 heavy (non-hydrogen) atoms. The third-order valence-corrected chi connectivity index (χ3v) is 4.14. The largest absolute Gasteiger partial charge is 0.277 e. The predicted molar refractivity (Wildman–Crippen MR) is 59.3 cm³/mol. The van der Waals surface area contributed by atoms with Crippen LogP contribution in [0.25, 0.3) is 0 Å². The summed E-state index contributed by atoms with van der Waals surface area (Å²) in [5, 5.41) is 0.